The van der Waals surface area contributed by atoms with Gasteiger partial charge < -0.3 is 15.5 Å². The van der Waals surface area contributed by atoms with Crippen LogP contribution in [0.5, 0.6) is 0 Å². The van der Waals surface area contributed by atoms with Crippen molar-refractivity contribution in [1.82, 2.24) is 15.5 Å². The summed E-state index contributed by atoms with van der Waals surface area (Å²) in [5.74, 6) is 1.02. The quantitative estimate of drug-likeness (QED) is 0.418. The van der Waals surface area contributed by atoms with E-state index in [2.05, 4.69) is 22.5 Å². The second-order valence-corrected chi connectivity index (χ2v) is 6.14. The van der Waals surface area contributed by atoms with Crippen LogP contribution in [0.4, 0.5) is 0 Å². The third-order valence-corrected chi connectivity index (χ3v) is 4.43. The molecule has 0 amide bonds. The highest BCUT2D eigenvalue weighted by molar-refractivity contribution is 14.0. The molecule has 0 aromatic heterocycles. The van der Waals surface area contributed by atoms with Crippen LogP contribution in [0.3, 0.4) is 0 Å². The Balaban J connectivity index is 0.00000220. The van der Waals surface area contributed by atoms with E-state index in [0.29, 0.717) is 6.04 Å². The van der Waals surface area contributed by atoms with Gasteiger partial charge in [-0.2, -0.15) is 0 Å². The van der Waals surface area contributed by atoms with Crippen molar-refractivity contribution in [1.29, 1.82) is 0 Å². The van der Waals surface area contributed by atoms with Crippen molar-refractivity contribution in [3.8, 4) is 0 Å². The number of hydrogen-bond acceptors (Lipinski definition) is 2. The molecule has 0 atom stereocenters. The molecule has 0 aromatic rings. The minimum atomic E-state index is 0. The van der Waals surface area contributed by atoms with E-state index in [0.717, 1.165) is 25.6 Å². The van der Waals surface area contributed by atoms with Crippen molar-refractivity contribution in [2.75, 3.05) is 32.7 Å². The number of guanidine groups is 1. The van der Waals surface area contributed by atoms with Crippen LogP contribution < -0.4 is 10.6 Å². The standard InChI is InChI=1S/C16H32N4.HI/c1-2-17-16(19-15-9-5-6-10-15)18-11-14-20-12-7-3-4-8-13-20;/h15H,2-14H2,1H3,(H2,17,18,19);1H. The predicted octanol–water partition coefficient (Wildman–Crippen LogP) is 2.98. The van der Waals surface area contributed by atoms with Gasteiger partial charge in [-0.05, 0) is 45.7 Å². The third-order valence-electron chi connectivity index (χ3n) is 4.43. The van der Waals surface area contributed by atoms with Crippen molar-refractivity contribution in [2.45, 2.75) is 64.3 Å². The fraction of sp³-hybridized carbons (Fsp3) is 0.938. The summed E-state index contributed by atoms with van der Waals surface area (Å²) in [5.41, 5.74) is 0. The summed E-state index contributed by atoms with van der Waals surface area (Å²) in [5, 5.41) is 6.97. The van der Waals surface area contributed by atoms with Gasteiger partial charge in [0.05, 0.1) is 6.54 Å². The molecule has 2 fully saturated rings. The summed E-state index contributed by atoms with van der Waals surface area (Å²) in [6.07, 6.45) is 10.9. The van der Waals surface area contributed by atoms with Crippen LogP contribution in [0.2, 0.25) is 0 Å². The van der Waals surface area contributed by atoms with Crippen LogP contribution in [0, 0.1) is 0 Å². The van der Waals surface area contributed by atoms with Gasteiger partial charge >= 0.3 is 0 Å². The lowest BCUT2D eigenvalue weighted by Crippen LogP contribution is -2.42. The van der Waals surface area contributed by atoms with E-state index in [4.69, 9.17) is 4.99 Å². The monoisotopic (exact) mass is 408 g/mol. The van der Waals surface area contributed by atoms with E-state index >= 15 is 0 Å². The smallest absolute Gasteiger partial charge is 0.191 e. The van der Waals surface area contributed by atoms with Crippen LogP contribution in [0.25, 0.3) is 0 Å². The number of nitrogens with one attached hydrogen (secondary N) is 2. The SMILES string of the molecule is CCNC(=NCCN1CCCCCC1)NC1CCCC1.I. The van der Waals surface area contributed by atoms with Gasteiger partial charge in [0, 0.05) is 19.1 Å². The molecule has 0 radical (unpaired) electrons. The van der Waals surface area contributed by atoms with Crippen LogP contribution in [-0.4, -0.2) is 49.6 Å². The average molecular weight is 408 g/mol. The van der Waals surface area contributed by atoms with Crippen LogP contribution >= 0.6 is 24.0 Å². The van der Waals surface area contributed by atoms with Gasteiger partial charge in [-0.3, -0.25) is 4.99 Å². The lowest BCUT2D eigenvalue weighted by Gasteiger charge is -2.20. The first-order chi connectivity index (χ1) is 9.88. The molecule has 1 aliphatic heterocycles. The highest BCUT2D eigenvalue weighted by atomic mass is 127. The predicted molar refractivity (Wildman–Crippen MR) is 102 cm³/mol. The summed E-state index contributed by atoms with van der Waals surface area (Å²) >= 11 is 0. The van der Waals surface area contributed by atoms with E-state index in [9.17, 15) is 0 Å². The first kappa shape index (κ1) is 19.0. The van der Waals surface area contributed by atoms with E-state index in [1.165, 1.54) is 64.5 Å². The Morgan fingerprint density at radius 1 is 1.05 bits per heavy atom. The Hall–Kier alpha value is -0.0400. The molecule has 1 saturated carbocycles. The fourth-order valence-corrected chi connectivity index (χ4v) is 3.25. The molecular weight excluding hydrogens is 375 g/mol. The Labute approximate surface area is 147 Å². The molecule has 0 unspecified atom stereocenters. The maximum absolute atomic E-state index is 4.75. The zero-order valence-corrected chi connectivity index (χ0v) is 15.9. The molecule has 1 saturated heterocycles. The first-order valence-corrected chi connectivity index (χ1v) is 8.65. The molecule has 5 heteroatoms. The fourth-order valence-electron chi connectivity index (χ4n) is 3.25. The van der Waals surface area contributed by atoms with Crippen LogP contribution in [0.1, 0.15) is 58.3 Å². The van der Waals surface area contributed by atoms with Crippen LogP contribution in [-0.2, 0) is 0 Å². The molecule has 2 aliphatic rings. The summed E-state index contributed by atoms with van der Waals surface area (Å²) in [6.45, 7) is 7.65. The highest BCUT2D eigenvalue weighted by Gasteiger charge is 2.15. The minimum absolute atomic E-state index is 0. The highest BCUT2D eigenvalue weighted by Crippen LogP contribution is 2.17. The average Bonchev–Trinajstić information content (AvgIpc) is 2.81. The molecule has 2 N–H and O–H groups in total. The Morgan fingerprint density at radius 2 is 1.71 bits per heavy atom. The maximum atomic E-state index is 4.75. The zero-order chi connectivity index (χ0) is 14.0. The van der Waals surface area contributed by atoms with Crippen LogP contribution in [0.15, 0.2) is 4.99 Å². The zero-order valence-electron chi connectivity index (χ0n) is 13.6. The Morgan fingerprint density at radius 3 is 2.33 bits per heavy atom. The van der Waals surface area contributed by atoms with E-state index in [1.807, 2.05) is 0 Å². The molecule has 4 nitrogen and oxygen atoms in total. The second kappa shape index (κ2) is 11.5. The molecule has 124 valence electrons. The topological polar surface area (TPSA) is 39.7 Å². The van der Waals surface area contributed by atoms with Crippen molar-refractivity contribution < 1.29 is 0 Å². The summed E-state index contributed by atoms with van der Waals surface area (Å²) in [7, 11) is 0. The number of rotatable bonds is 5. The van der Waals surface area contributed by atoms with E-state index in [1.54, 1.807) is 0 Å². The Bertz CT molecular complexity index is 282. The largest absolute Gasteiger partial charge is 0.357 e. The lowest BCUT2D eigenvalue weighted by molar-refractivity contribution is 0.293. The van der Waals surface area contributed by atoms with Crippen molar-refractivity contribution in [2.24, 2.45) is 4.99 Å². The number of likely N-dealkylation sites (tertiary alicyclic amines) is 1. The number of halogens is 1. The second-order valence-electron chi connectivity index (χ2n) is 6.14. The summed E-state index contributed by atoms with van der Waals surface area (Å²) in [4.78, 5) is 7.33. The number of aliphatic imine (C=N–C) groups is 1. The van der Waals surface area contributed by atoms with Gasteiger partial charge in [-0.1, -0.05) is 25.7 Å². The van der Waals surface area contributed by atoms with E-state index in [-0.39, 0.29) is 24.0 Å². The van der Waals surface area contributed by atoms with Crippen molar-refractivity contribution >= 4 is 29.9 Å². The molecule has 2 rings (SSSR count). The van der Waals surface area contributed by atoms with Gasteiger partial charge in [0.1, 0.15) is 0 Å². The van der Waals surface area contributed by atoms with Gasteiger partial charge in [0.2, 0.25) is 0 Å². The normalized spacial score (nSPS) is 21.7. The number of hydrogen-bond donors (Lipinski definition) is 2. The first-order valence-electron chi connectivity index (χ1n) is 8.65. The lowest BCUT2D eigenvalue weighted by atomic mass is 10.2. The van der Waals surface area contributed by atoms with E-state index < -0.39 is 0 Å². The minimum Gasteiger partial charge on any atom is -0.357 e. The van der Waals surface area contributed by atoms with Gasteiger partial charge in [0.15, 0.2) is 5.96 Å². The molecular formula is C16H33IN4. The van der Waals surface area contributed by atoms with Crippen molar-refractivity contribution in [3.05, 3.63) is 0 Å². The summed E-state index contributed by atoms with van der Waals surface area (Å²) < 4.78 is 0. The molecule has 0 aromatic carbocycles. The Kier molecular flexibility index (Phi) is 10.4. The third kappa shape index (κ3) is 7.68. The molecule has 1 heterocycles. The summed E-state index contributed by atoms with van der Waals surface area (Å²) in [6, 6.07) is 0.644. The molecule has 0 spiro atoms. The van der Waals surface area contributed by atoms with Gasteiger partial charge in [0.25, 0.3) is 0 Å². The van der Waals surface area contributed by atoms with Gasteiger partial charge in [-0.25, -0.2) is 0 Å². The number of nitrogens with zero attached hydrogens (tertiary/aromatic N) is 2. The molecule has 0 bridgehead atoms. The van der Waals surface area contributed by atoms with Crippen molar-refractivity contribution in [3.63, 3.8) is 0 Å². The maximum Gasteiger partial charge on any atom is 0.191 e. The molecule has 1 aliphatic carbocycles. The van der Waals surface area contributed by atoms with Gasteiger partial charge in [-0.15, -0.1) is 24.0 Å². The molecule has 21 heavy (non-hydrogen) atoms.